The first-order valence-electron chi connectivity index (χ1n) is 7.61. The van der Waals surface area contributed by atoms with Gasteiger partial charge in [-0.3, -0.25) is 9.59 Å². The molecule has 0 aliphatic rings. The second kappa shape index (κ2) is 7.54. The van der Waals surface area contributed by atoms with Crippen molar-refractivity contribution in [2.24, 2.45) is 0 Å². The van der Waals surface area contributed by atoms with Gasteiger partial charge >= 0.3 is 0 Å². The molecule has 0 radical (unpaired) electrons. The number of benzene rings is 1. The molecular weight excluding hydrogens is 290 g/mol. The van der Waals surface area contributed by atoms with Gasteiger partial charge in [-0.2, -0.15) is 0 Å². The molecule has 120 valence electrons. The summed E-state index contributed by atoms with van der Waals surface area (Å²) in [7, 11) is 0. The number of nitrogens with one attached hydrogen (secondary N) is 1. The van der Waals surface area contributed by atoms with Gasteiger partial charge in [0.25, 0.3) is 5.56 Å². The summed E-state index contributed by atoms with van der Waals surface area (Å²) < 4.78 is 0. The highest BCUT2D eigenvalue weighted by Gasteiger charge is 2.16. The molecular formula is C18H21N3O2. The van der Waals surface area contributed by atoms with Gasteiger partial charge in [0, 0.05) is 12.1 Å². The first-order valence-corrected chi connectivity index (χ1v) is 7.61. The number of aromatic amines is 1. The van der Waals surface area contributed by atoms with E-state index in [4.69, 9.17) is 0 Å². The third kappa shape index (κ3) is 4.16. The summed E-state index contributed by atoms with van der Waals surface area (Å²) in [6.45, 7) is 6.01. The molecule has 1 aromatic carbocycles. The van der Waals surface area contributed by atoms with Crippen LogP contribution in [0.1, 0.15) is 26.6 Å². The lowest BCUT2D eigenvalue weighted by molar-refractivity contribution is -0.128. The molecule has 0 unspecified atom stereocenters. The minimum absolute atomic E-state index is 0.00507. The third-order valence-electron chi connectivity index (χ3n) is 3.43. The summed E-state index contributed by atoms with van der Waals surface area (Å²) in [5.74, 6) is 0.365. The molecule has 0 aliphatic heterocycles. The van der Waals surface area contributed by atoms with Crippen LogP contribution in [0.2, 0.25) is 0 Å². The fourth-order valence-corrected chi connectivity index (χ4v) is 2.23. The number of aromatic nitrogens is 2. The average molecular weight is 311 g/mol. The monoisotopic (exact) mass is 311 g/mol. The van der Waals surface area contributed by atoms with Crippen molar-refractivity contribution in [1.29, 1.82) is 0 Å². The van der Waals surface area contributed by atoms with E-state index in [1.807, 2.05) is 32.9 Å². The molecule has 5 heteroatoms. The van der Waals surface area contributed by atoms with Gasteiger partial charge in [0.15, 0.2) is 0 Å². The number of hydrogen-bond acceptors (Lipinski definition) is 3. The van der Waals surface area contributed by atoms with Crippen molar-refractivity contribution in [2.75, 3.05) is 0 Å². The maximum absolute atomic E-state index is 12.3. The Morgan fingerprint density at radius 3 is 2.74 bits per heavy atom. The SMILES string of the molecule is C/C=C/C=C/C(=O)N(Cc1nc2ccccc2c(=O)[nH]1)C(C)C. The van der Waals surface area contributed by atoms with E-state index in [-0.39, 0.29) is 24.1 Å². The van der Waals surface area contributed by atoms with Crippen molar-refractivity contribution in [3.8, 4) is 0 Å². The molecule has 0 atom stereocenters. The normalized spacial score (nSPS) is 11.8. The van der Waals surface area contributed by atoms with E-state index in [9.17, 15) is 9.59 Å². The number of allylic oxidation sites excluding steroid dienone is 3. The molecule has 0 fully saturated rings. The van der Waals surface area contributed by atoms with Crippen LogP contribution in [-0.4, -0.2) is 26.8 Å². The smallest absolute Gasteiger partial charge is 0.258 e. The van der Waals surface area contributed by atoms with Gasteiger partial charge in [-0.15, -0.1) is 0 Å². The van der Waals surface area contributed by atoms with Gasteiger partial charge in [-0.25, -0.2) is 4.98 Å². The fourth-order valence-electron chi connectivity index (χ4n) is 2.23. The molecule has 1 N–H and O–H groups in total. The van der Waals surface area contributed by atoms with Crippen molar-refractivity contribution >= 4 is 16.8 Å². The maximum atomic E-state index is 12.3. The van der Waals surface area contributed by atoms with Crippen LogP contribution < -0.4 is 5.56 Å². The summed E-state index contributed by atoms with van der Waals surface area (Å²) in [6.07, 6.45) is 6.87. The lowest BCUT2D eigenvalue weighted by Crippen LogP contribution is -2.36. The van der Waals surface area contributed by atoms with E-state index in [1.54, 1.807) is 35.3 Å². The molecule has 23 heavy (non-hydrogen) atoms. The predicted octanol–water partition coefficient (Wildman–Crippen LogP) is 2.79. The van der Waals surface area contributed by atoms with Gasteiger partial charge in [0.1, 0.15) is 5.82 Å². The zero-order chi connectivity index (χ0) is 16.8. The second-order valence-corrected chi connectivity index (χ2v) is 5.47. The largest absolute Gasteiger partial charge is 0.329 e. The summed E-state index contributed by atoms with van der Waals surface area (Å²) >= 11 is 0. The molecule has 0 saturated carbocycles. The standard InChI is InChI=1S/C18H21N3O2/c1-4-5-6-11-17(22)21(13(2)3)12-16-19-15-10-8-7-9-14(15)18(23)20-16/h4-11,13H,12H2,1-3H3,(H,19,20,23)/b5-4+,11-6+. The minimum Gasteiger partial charge on any atom is -0.329 e. The van der Waals surface area contributed by atoms with Crippen LogP contribution in [0.5, 0.6) is 0 Å². The number of rotatable bonds is 5. The van der Waals surface area contributed by atoms with E-state index < -0.39 is 0 Å². The Bertz CT molecular complexity index is 803. The van der Waals surface area contributed by atoms with Crippen LogP contribution >= 0.6 is 0 Å². The van der Waals surface area contributed by atoms with E-state index in [2.05, 4.69) is 9.97 Å². The molecule has 2 rings (SSSR count). The Morgan fingerprint density at radius 2 is 2.04 bits per heavy atom. The van der Waals surface area contributed by atoms with E-state index in [0.29, 0.717) is 16.7 Å². The van der Waals surface area contributed by atoms with Crippen molar-refractivity contribution in [1.82, 2.24) is 14.9 Å². The van der Waals surface area contributed by atoms with Gasteiger partial charge in [0.2, 0.25) is 5.91 Å². The predicted molar refractivity (Wildman–Crippen MR) is 92.0 cm³/mol. The van der Waals surface area contributed by atoms with Crippen LogP contribution in [0.4, 0.5) is 0 Å². The lowest BCUT2D eigenvalue weighted by Gasteiger charge is -2.25. The minimum atomic E-state index is -0.189. The second-order valence-electron chi connectivity index (χ2n) is 5.47. The molecule has 0 spiro atoms. The molecule has 1 amide bonds. The van der Waals surface area contributed by atoms with Gasteiger partial charge in [0.05, 0.1) is 17.4 Å². The number of carbonyl (C=O) groups is 1. The molecule has 2 aromatic rings. The Morgan fingerprint density at radius 1 is 1.30 bits per heavy atom. The molecule has 0 aliphatic carbocycles. The van der Waals surface area contributed by atoms with Crippen LogP contribution in [0.3, 0.4) is 0 Å². The first-order chi connectivity index (χ1) is 11.0. The zero-order valence-corrected chi connectivity index (χ0v) is 13.6. The molecule has 1 aromatic heterocycles. The molecule has 0 bridgehead atoms. The van der Waals surface area contributed by atoms with Crippen LogP contribution in [-0.2, 0) is 11.3 Å². The van der Waals surface area contributed by atoms with Gasteiger partial charge in [-0.1, -0.05) is 30.4 Å². The topological polar surface area (TPSA) is 66.1 Å². The van der Waals surface area contributed by atoms with Crippen molar-refractivity contribution in [3.05, 3.63) is 64.7 Å². The Labute approximate surface area is 135 Å². The number of hydrogen-bond donors (Lipinski definition) is 1. The number of fused-ring (bicyclic) bond motifs is 1. The van der Waals surface area contributed by atoms with Crippen molar-refractivity contribution < 1.29 is 4.79 Å². The van der Waals surface area contributed by atoms with Crippen LogP contribution in [0, 0.1) is 0 Å². The Balaban J connectivity index is 2.30. The maximum Gasteiger partial charge on any atom is 0.258 e. The molecule has 1 heterocycles. The van der Waals surface area contributed by atoms with E-state index in [1.165, 1.54) is 6.08 Å². The van der Waals surface area contributed by atoms with Crippen LogP contribution in [0.15, 0.2) is 53.4 Å². The quantitative estimate of drug-likeness (QED) is 0.682. The Hall–Kier alpha value is -2.69. The number of H-pyrrole nitrogens is 1. The molecule has 5 nitrogen and oxygen atoms in total. The van der Waals surface area contributed by atoms with E-state index >= 15 is 0 Å². The fraction of sp³-hybridized carbons (Fsp3) is 0.278. The highest BCUT2D eigenvalue weighted by Crippen LogP contribution is 2.09. The van der Waals surface area contributed by atoms with Gasteiger partial charge in [-0.05, 0) is 32.9 Å². The first kappa shape index (κ1) is 16.7. The van der Waals surface area contributed by atoms with Crippen molar-refractivity contribution in [2.45, 2.75) is 33.4 Å². The average Bonchev–Trinajstić information content (AvgIpc) is 2.52. The molecule has 0 saturated heterocycles. The number of carbonyl (C=O) groups excluding carboxylic acids is 1. The number of amides is 1. The van der Waals surface area contributed by atoms with Crippen LogP contribution in [0.25, 0.3) is 10.9 Å². The highest BCUT2D eigenvalue weighted by atomic mass is 16.2. The number of para-hydroxylation sites is 1. The third-order valence-corrected chi connectivity index (χ3v) is 3.43. The summed E-state index contributed by atoms with van der Waals surface area (Å²) in [4.78, 5) is 33.3. The summed E-state index contributed by atoms with van der Waals surface area (Å²) in [6, 6.07) is 7.16. The lowest BCUT2D eigenvalue weighted by atomic mass is 10.2. The Kier molecular flexibility index (Phi) is 5.46. The van der Waals surface area contributed by atoms with Crippen molar-refractivity contribution in [3.63, 3.8) is 0 Å². The number of nitrogens with zero attached hydrogens (tertiary/aromatic N) is 2. The van der Waals surface area contributed by atoms with E-state index in [0.717, 1.165) is 0 Å². The summed E-state index contributed by atoms with van der Waals surface area (Å²) in [5.41, 5.74) is 0.443. The zero-order valence-electron chi connectivity index (χ0n) is 13.6. The highest BCUT2D eigenvalue weighted by molar-refractivity contribution is 5.88. The van der Waals surface area contributed by atoms with Gasteiger partial charge < -0.3 is 9.88 Å². The summed E-state index contributed by atoms with van der Waals surface area (Å²) in [5, 5.41) is 0.548.